The standard InChI is InChI=1S/C20H39N9O7/c1-10(30)15(19(35)36)29-18(34)13(9-14(23)31)28-17(33)12(6-2-3-7-21)27-16(32)11(22)5-4-8-26-20(24)25/h10-13,15,30H,2-9,21-22H2,1H3,(H2,23,31)(H,27,32)(H,28,33)(H,29,34)(H,35,36)(H4,24,25,26). The molecule has 206 valence electrons. The maximum Gasteiger partial charge on any atom is 0.328 e. The molecule has 16 heteroatoms. The van der Waals surface area contributed by atoms with E-state index < -0.39 is 66.3 Å². The summed E-state index contributed by atoms with van der Waals surface area (Å²) in [6.45, 7) is 1.75. The zero-order chi connectivity index (χ0) is 27.8. The molecule has 15 N–H and O–H groups in total. The summed E-state index contributed by atoms with van der Waals surface area (Å²) < 4.78 is 0. The van der Waals surface area contributed by atoms with Crippen LogP contribution in [0.25, 0.3) is 0 Å². The number of aliphatic imine (C=N–C) groups is 1. The number of rotatable bonds is 18. The first-order valence-electron chi connectivity index (χ1n) is 11.4. The highest BCUT2D eigenvalue weighted by Gasteiger charge is 2.32. The average molecular weight is 518 g/mol. The fraction of sp³-hybridized carbons (Fsp3) is 0.700. The van der Waals surface area contributed by atoms with Crippen molar-refractivity contribution in [2.75, 3.05) is 13.1 Å². The minimum Gasteiger partial charge on any atom is -0.480 e. The number of nitrogens with zero attached hydrogens (tertiary/aromatic N) is 1. The normalized spacial score (nSPS) is 14.9. The Labute approximate surface area is 208 Å². The summed E-state index contributed by atoms with van der Waals surface area (Å²) in [6, 6.07) is -5.36. The minimum absolute atomic E-state index is 0.0951. The van der Waals surface area contributed by atoms with Crippen molar-refractivity contribution in [1.29, 1.82) is 0 Å². The van der Waals surface area contributed by atoms with Gasteiger partial charge in [-0.25, -0.2) is 4.79 Å². The van der Waals surface area contributed by atoms with Crippen LogP contribution in [0.15, 0.2) is 4.99 Å². The van der Waals surface area contributed by atoms with Gasteiger partial charge >= 0.3 is 5.97 Å². The third-order valence-corrected chi connectivity index (χ3v) is 4.97. The van der Waals surface area contributed by atoms with Crippen LogP contribution >= 0.6 is 0 Å². The minimum atomic E-state index is -1.69. The Bertz CT molecular complexity index is 787. The summed E-state index contributed by atoms with van der Waals surface area (Å²) in [6.07, 6.45) is -0.348. The van der Waals surface area contributed by atoms with E-state index in [1.165, 1.54) is 0 Å². The molecule has 0 aliphatic carbocycles. The molecule has 0 rings (SSSR count). The van der Waals surface area contributed by atoms with Crippen LogP contribution < -0.4 is 44.6 Å². The number of nitrogens with two attached hydrogens (primary N) is 5. The number of hydrogen-bond acceptors (Lipinski definition) is 9. The number of aliphatic carboxylic acids is 1. The molecule has 0 bridgehead atoms. The first-order chi connectivity index (χ1) is 16.8. The fourth-order valence-corrected chi connectivity index (χ4v) is 3.02. The maximum absolute atomic E-state index is 12.9. The molecule has 5 atom stereocenters. The molecule has 0 aromatic carbocycles. The quantitative estimate of drug-likeness (QED) is 0.0467. The number of carbonyl (C=O) groups excluding carboxylic acids is 4. The van der Waals surface area contributed by atoms with Crippen LogP contribution in [0, 0.1) is 0 Å². The highest BCUT2D eigenvalue weighted by molar-refractivity contribution is 5.96. The van der Waals surface area contributed by atoms with Crippen molar-refractivity contribution in [3.8, 4) is 0 Å². The van der Waals surface area contributed by atoms with Gasteiger partial charge in [0.15, 0.2) is 12.0 Å². The number of aliphatic hydroxyl groups excluding tert-OH is 1. The Balaban J connectivity index is 5.43. The van der Waals surface area contributed by atoms with Gasteiger partial charge in [-0.05, 0) is 45.6 Å². The van der Waals surface area contributed by atoms with E-state index in [1.54, 1.807) is 0 Å². The third-order valence-electron chi connectivity index (χ3n) is 4.97. The van der Waals surface area contributed by atoms with E-state index in [-0.39, 0.29) is 25.3 Å². The lowest BCUT2D eigenvalue weighted by molar-refractivity contribution is -0.145. The molecule has 4 amide bonds. The molecule has 0 aliphatic rings. The zero-order valence-corrected chi connectivity index (χ0v) is 20.3. The van der Waals surface area contributed by atoms with Crippen LogP contribution in [0.2, 0.25) is 0 Å². The number of primary amides is 1. The number of carbonyl (C=O) groups is 5. The van der Waals surface area contributed by atoms with Gasteiger partial charge in [0, 0.05) is 6.54 Å². The number of hydrogen-bond donors (Lipinski definition) is 10. The SMILES string of the molecule is CC(O)C(NC(=O)C(CC(N)=O)NC(=O)C(CCCCN)NC(=O)C(N)CCCN=C(N)N)C(=O)O. The third kappa shape index (κ3) is 13.4. The average Bonchev–Trinajstić information content (AvgIpc) is 2.77. The zero-order valence-electron chi connectivity index (χ0n) is 20.3. The van der Waals surface area contributed by atoms with Crippen molar-refractivity contribution in [3.05, 3.63) is 0 Å². The van der Waals surface area contributed by atoms with Gasteiger partial charge in [0.1, 0.15) is 12.1 Å². The van der Waals surface area contributed by atoms with Crippen molar-refractivity contribution in [2.45, 2.75) is 75.7 Å². The van der Waals surface area contributed by atoms with Crippen molar-refractivity contribution in [3.63, 3.8) is 0 Å². The Morgan fingerprint density at radius 2 is 1.44 bits per heavy atom. The van der Waals surface area contributed by atoms with Crippen LogP contribution in [0.1, 0.15) is 45.4 Å². The lowest BCUT2D eigenvalue weighted by atomic mass is 10.0. The molecule has 0 saturated heterocycles. The number of amides is 4. The van der Waals surface area contributed by atoms with Gasteiger partial charge in [-0.15, -0.1) is 0 Å². The Morgan fingerprint density at radius 3 is 1.94 bits per heavy atom. The van der Waals surface area contributed by atoms with E-state index in [1.807, 2.05) is 0 Å². The summed E-state index contributed by atoms with van der Waals surface area (Å²) in [4.78, 5) is 64.6. The second kappa shape index (κ2) is 17.0. The molecule has 0 heterocycles. The first kappa shape index (κ1) is 32.5. The largest absolute Gasteiger partial charge is 0.480 e. The molecule has 16 nitrogen and oxygen atoms in total. The van der Waals surface area contributed by atoms with Crippen LogP contribution in [-0.2, 0) is 24.0 Å². The Kier molecular flexibility index (Phi) is 15.4. The molecule has 0 aromatic rings. The van der Waals surface area contributed by atoms with Crippen molar-refractivity contribution in [1.82, 2.24) is 16.0 Å². The van der Waals surface area contributed by atoms with E-state index in [2.05, 4.69) is 20.9 Å². The van der Waals surface area contributed by atoms with Crippen LogP contribution in [-0.4, -0.2) is 89.1 Å². The molecule has 0 radical (unpaired) electrons. The summed E-state index contributed by atoms with van der Waals surface area (Å²) in [7, 11) is 0. The molecular weight excluding hydrogens is 478 g/mol. The topological polar surface area (TPSA) is 304 Å². The van der Waals surface area contributed by atoms with E-state index >= 15 is 0 Å². The van der Waals surface area contributed by atoms with Crippen molar-refractivity contribution in [2.24, 2.45) is 33.7 Å². The van der Waals surface area contributed by atoms with Gasteiger partial charge in [-0.2, -0.15) is 0 Å². The molecule has 0 spiro atoms. The van der Waals surface area contributed by atoms with Gasteiger partial charge in [0.05, 0.1) is 18.6 Å². The molecule has 0 fully saturated rings. The Hall–Kier alpha value is -3.50. The highest BCUT2D eigenvalue weighted by atomic mass is 16.4. The molecule has 0 aliphatic heterocycles. The van der Waals surface area contributed by atoms with Crippen molar-refractivity contribution < 1.29 is 34.2 Å². The predicted octanol–water partition coefficient (Wildman–Crippen LogP) is -4.71. The summed E-state index contributed by atoms with van der Waals surface area (Å²) in [5.74, 6) is -5.09. The number of unbranched alkanes of at least 4 members (excludes halogenated alkanes) is 1. The summed E-state index contributed by atoms with van der Waals surface area (Å²) in [5.41, 5.74) is 27.0. The van der Waals surface area contributed by atoms with Gasteiger partial charge < -0.3 is 54.8 Å². The fourth-order valence-electron chi connectivity index (χ4n) is 3.02. The number of carboxylic acids is 1. The molecule has 36 heavy (non-hydrogen) atoms. The molecular formula is C20H39N9O7. The monoisotopic (exact) mass is 517 g/mol. The van der Waals surface area contributed by atoms with Gasteiger partial charge in [-0.1, -0.05) is 0 Å². The van der Waals surface area contributed by atoms with E-state index in [0.29, 0.717) is 25.8 Å². The number of guanidine groups is 1. The van der Waals surface area contributed by atoms with Crippen LogP contribution in [0.5, 0.6) is 0 Å². The van der Waals surface area contributed by atoms with E-state index in [9.17, 15) is 29.1 Å². The second-order valence-electron chi connectivity index (χ2n) is 8.20. The lowest BCUT2D eigenvalue weighted by Gasteiger charge is -2.25. The van der Waals surface area contributed by atoms with Crippen molar-refractivity contribution >= 4 is 35.6 Å². The first-order valence-corrected chi connectivity index (χ1v) is 11.4. The summed E-state index contributed by atoms with van der Waals surface area (Å²) in [5, 5.41) is 25.6. The van der Waals surface area contributed by atoms with Gasteiger partial charge in [0.25, 0.3) is 0 Å². The Morgan fingerprint density at radius 1 is 0.861 bits per heavy atom. The summed E-state index contributed by atoms with van der Waals surface area (Å²) >= 11 is 0. The van der Waals surface area contributed by atoms with Crippen LogP contribution in [0.3, 0.4) is 0 Å². The van der Waals surface area contributed by atoms with E-state index in [4.69, 9.17) is 33.8 Å². The molecule has 0 aromatic heterocycles. The predicted molar refractivity (Wildman–Crippen MR) is 130 cm³/mol. The number of aliphatic hydroxyl groups is 1. The van der Waals surface area contributed by atoms with Crippen LogP contribution in [0.4, 0.5) is 0 Å². The van der Waals surface area contributed by atoms with Gasteiger partial charge in [-0.3, -0.25) is 24.2 Å². The number of carboxylic acid groups (broad SMARTS) is 1. The molecule has 0 saturated carbocycles. The highest BCUT2D eigenvalue weighted by Crippen LogP contribution is 2.05. The number of nitrogens with one attached hydrogen (secondary N) is 3. The smallest absolute Gasteiger partial charge is 0.328 e. The maximum atomic E-state index is 12.9. The molecule has 5 unspecified atom stereocenters. The second-order valence-corrected chi connectivity index (χ2v) is 8.20. The lowest BCUT2D eigenvalue weighted by Crippen LogP contribution is -2.58. The van der Waals surface area contributed by atoms with E-state index in [0.717, 1.165) is 6.92 Å². The van der Waals surface area contributed by atoms with Gasteiger partial charge in [0.2, 0.25) is 23.6 Å².